The molecule has 140 valence electrons. The Kier molecular flexibility index (Phi) is 4.05. The van der Waals surface area contributed by atoms with E-state index in [2.05, 4.69) is 66.5 Å². The molecular formula is C24H22N2O2. The summed E-state index contributed by atoms with van der Waals surface area (Å²) in [6.45, 7) is 2.12. The second kappa shape index (κ2) is 6.71. The largest absolute Gasteiger partial charge is 0.497 e. The minimum Gasteiger partial charge on any atom is -0.497 e. The third kappa shape index (κ3) is 2.73. The topological polar surface area (TPSA) is 34.1 Å². The maximum atomic E-state index is 6.43. The molecule has 4 nitrogen and oxygen atoms in total. The summed E-state index contributed by atoms with van der Waals surface area (Å²) in [5, 5.41) is 7.15. The Bertz CT molecular complexity index is 1040. The smallest absolute Gasteiger partial charge is 0.214 e. The average Bonchev–Trinajstić information content (AvgIpc) is 3.19. The van der Waals surface area contributed by atoms with Gasteiger partial charge in [0, 0.05) is 17.5 Å². The van der Waals surface area contributed by atoms with Crippen molar-refractivity contribution in [2.75, 3.05) is 7.11 Å². The molecule has 2 heterocycles. The number of aryl methyl sites for hydroxylation is 1. The second-order valence-corrected chi connectivity index (χ2v) is 7.24. The fourth-order valence-electron chi connectivity index (χ4n) is 4.06. The molecule has 0 bridgehead atoms. The molecule has 0 N–H and O–H groups in total. The SMILES string of the molecule is COc1ccc(C2=NN3[C@H](C2)c2ccccc2O[C@H]3c2ccccc2C)cc1. The first-order chi connectivity index (χ1) is 13.7. The molecule has 5 rings (SSSR count). The van der Waals surface area contributed by atoms with Gasteiger partial charge in [-0.3, -0.25) is 0 Å². The van der Waals surface area contributed by atoms with Crippen LogP contribution in [0.5, 0.6) is 11.5 Å². The first-order valence-corrected chi connectivity index (χ1v) is 9.56. The van der Waals surface area contributed by atoms with Crippen LogP contribution in [0, 0.1) is 6.92 Å². The van der Waals surface area contributed by atoms with E-state index in [1.54, 1.807) is 7.11 Å². The lowest BCUT2D eigenvalue weighted by Gasteiger charge is -2.38. The molecule has 0 unspecified atom stereocenters. The fraction of sp³-hybridized carbons (Fsp3) is 0.208. The molecule has 0 saturated heterocycles. The van der Waals surface area contributed by atoms with Crippen molar-refractivity contribution in [3.05, 3.63) is 95.1 Å². The van der Waals surface area contributed by atoms with Gasteiger partial charge >= 0.3 is 0 Å². The van der Waals surface area contributed by atoms with Gasteiger partial charge in [0.25, 0.3) is 0 Å². The van der Waals surface area contributed by atoms with Crippen molar-refractivity contribution < 1.29 is 9.47 Å². The molecule has 2 atom stereocenters. The van der Waals surface area contributed by atoms with Gasteiger partial charge in [0.05, 0.1) is 18.9 Å². The Labute approximate surface area is 165 Å². The van der Waals surface area contributed by atoms with Crippen molar-refractivity contribution in [1.29, 1.82) is 0 Å². The number of ether oxygens (including phenoxy) is 2. The summed E-state index contributed by atoms with van der Waals surface area (Å²) in [5.74, 6) is 1.80. The van der Waals surface area contributed by atoms with Crippen LogP contribution in [0.2, 0.25) is 0 Å². The number of methoxy groups -OCH3 is 1. The highest BCUT2D eigenvalue weighted by Crippen LogP contribution is 2.47. The van der Waals surface area contributed by atoms with Crippen LogP contribution >= 0.6 is 0 Å². The number of rotatable bonds is 3. The van der Waals surface area contributed by atoms with Crippen LogP contribution in [0.15, 0.2) is 77.9 Å². The summed E-state index contributed by atoms with van der Waals surface area (Å²) >= 11 is 0. The molecule has 4 heteroatoms. The first kappa shape index (κ1) is 16.9. The Morgan fingerprint density at radius 1 is 0.929 bits per heavy atom. The number of hydrogen-bond donors (Lipinski definition) is 0. The maximum Gasteiger partial charge on any atom is 0.214 e. The zero-order chi connectivity index (χ0) is 19.1. The van der Waals surface area contributed by atoms with Crippen LogP contribution in [0.3, 0.4) is 0 Å². The van der Waals surface area contributed by atoms with E-state index in [-0.39, 0.29) is 12.3 Å². The zero-order valence-electron chi connectivity index (χ0n) is 16.0. The van der Waals surface area contributed by atoms with Crippen LogP contribution in [0.1, 0.15) is 40.9 Å². The molecule has 0 saturated carbocycles. The van der Waals surface area contributed by atoms with E-state index in [4.69, 9.17) is 14.6 Å². The van der Waals surface area contributed by atoms with Crippen LogP contribution in [-0.4, -0.2) is 17.8 Å². The van der Waals surface area contributed by atoms with Crippen molar-refractivity contribution in [2.24, 2.45) is 5.10 Å². The Balaban J connectivity index is 1.58. The van der Waals surface area contributed by atoms with Crippen LogP contribution in [0.4, 0.5) is 0 Å². The lowest BCUT2D eigenvalue weighted by atomic mass is 9.95. The lowest BCUT2D eigenvalue weighted by molar-refractivity contribution is -0.0194. The Morgan fingerprint density at radius 2 is 1.64 bits per heavy atom. The molecular weight excluding hydrogens is 348 g/mol. The molecule has 2 aliphatic rings. The number of hydrogen-bond acceptors (Lipinski definition) is 4. The molecule has 0 spiro atoms. The number of hydrazone groups is 1. The first-order valence-electron chi connectivity index (χ1n) is 9.56. The summed E-state index contributed by atoms with van der Waals surface area (Å²) in [5.41, 5.74) is 5.75. The summed E-state index contributed by atoms with van der Waals surface area (Å²) in [4.78, 5) is 0. The van der Waals surface area contributed by atoms with Crippen LogP contribution in [-0.2, 0) is 0 Å². The van der Waals surface area contributed by atoms with Crippen LogP contribution in [0.25, 0.3) is 0 Å². The fourth-order valence-corrected chi connectivity index (χ4v) is 4.06. The van der Waals surface area contributed by atoms with Gasteiger partial charge in [-0.25, -0.2) is 5.01 Å². The minimum atomic E-state index is -0.225. The molecule has 0 fully saturated rings. The van der Waals surface area contributed by atoms with Gasteiger partial charge in [0.1, 0.15) is 11.5 Å². The predicted molar refractivity (Wildman–Crippen MR) is 110 cm³/mol. The van der Waals surface area contributed by atoms with Gasteiger partial charge in [-0.15, -0.1) is 0 Å². The van der Waals surface area contributed by atoms with Crippen molar-refractivity contribution in [3.63, 3.8) is 0 Å². The van der Waals surface area contributed by atoms with Gasteiger partial charge in [0.2, 0.25) is 6.23 Å². The zero-order valence-corrected chi connectivity index (χ0v) is 16.0. The van der Waals surface area contributed by atoms with Crippen molar-refractivity contribution in [1.82, 2.24) is 5.01 Å². The summed E-state index contributed by atoms with van der Waals surface area (Å²) < 4.78 is 11.7. The molecule has 0 aliphatic carbocycles. The molecule has 3 aromatic carbocycles. The van der Waals surface area contributed by atoms with E-state index in [0.29, 0.717) is 0 Å². The summed E-state index contributed by atoms with van der Waals surface area (Å²) in [6.07, 6.45) is 0.631. The normalized spacial score (nSPS) is 20.1. The number of para-hydroxylation sites is 1. The van der Waals surface area contributed by atoms with E-state index in [1.165, 1.54) is 11.1 Å². The van der Waals surface area contributed by atoms with Gasteiger partial charge in [-0.1, -0.05) is 42.5 Å². The predicted octanol–water partition coefficient (Wildman–Crippen LogP) is 5.25. The average molecular weight is 370 g/mol. The van der Waals surface area contributed by atoms with Crippen molar-refractivity contribution >= 4 is 5.71 Å². The number of benzene rings is 3. The Morgan fingerprint density at radius 3 is 2.39 bits per heavy atom. The lowest BCUT2D eigenvalue weighted by Crippen LogP contribution is -2.34. The van der Waals surface area contributed by atoms with Gasteiger partial charge in [-0.05, 0) is 48.4 Å². The van der Waals surface area contributed by atoms with Gasteiger partial charge in [0.15, 0.2) is 0 Å². The molecule has 0 amide bonds. The highest BCUT2D eigenvalue weighted by atomic mass is 16.5. The Hall–Kier alpha value is -3.27. The van der Waals surface area contributed by atoms with Crippen molar-refractivity contribution in [3.8, 4) is 11.5 Å². The van der Waals surface area contributed by atoms with Crippen molar-refractivity contribution in [2.45, 2.75) is 25.6 Å². The standard InChI is InChI=1S/C24H22N2O2/c1-16-7-3-4-8-19(16)24-26-22(20-9-5-6-10-23(20)28-24)15-21(25-26)17-11-13-18(27-2)14-12-17/h3-14,22,24H,15H2,1-2H3/t22-,24+/m1/s1. The molecule has 3 aromatic rings. The van der Waals surface area contributed by atoms with Crippen LogP contribution < -0.4 is 9.47 Å². The van der Waals surface area contributed by atoms with E-state index >= 15 is 0 Å². The maximum absolute atomic E-state index is 6.43. The van der Waals surface area contributed by atoms with E-state index < -0.39 is 0 Å². The third-order valence-electron chi connectivity index (χ3n) is 5.58. The number of nitrogens with zero attached hydrogens (tertiary/aromatic N) is 2. The summed E-state index contributed by atoms with van der Waals surface area (Å²) in [7, 11) is 1.68. The molecule has 0 radical (unpaired) electrons. The number of fused-ring (bicyclic) bond motifs is 3. The quantitative estimate of drug-likeness (QED) is 0.632. The highest BCUT2D eigenvalue weighted by Gasteiger charge is 2.41. The monoisotopic (exact) mass is 370 g/mol. The highest BCUT2D eigenvalue weighted by molar-refractivity contribution is 6.02. The molecule has 2 aliphatic heterocycles. The minimum absolute atomic E-state index is 0.173. The van der Waals surface area contributed by atoms with Gasteiger partial charge in [-0.2, -0.15) is 5.10 Å². The van der Waals surface area contributed by atoms with E-state index in [1.807, 2.05) is 18.2 Å². The second-order valence-electron chi connectivity index (χ2n) is 7.24. The summed E-state index contributed by atoms with van der Waals surface area (Å²) in [6, 6.07) is 25.0. The molecule has 0 aromatic heterocycles. The van der Waals surface area contributed by atoms with E-state index in [9.17, 15) is 0 Å². The van der Waals surface area contributed by atoms with E-state index in [0.717, 1.165) is 34.8 Å². The third-order valence-corrected chi connectivity index (χ3v) is 5.58. The van der Waals surface area contributed by atoms with Gasteiger partial charge < -0.3 is 9.47 Å². The molecule has 28 heavy (non-hydrogen) atoms.